The lowest BCUT2D eigenvalue weighted by Gasteiger charge is -2.27. The van der Waals surface area contributed by atoms with Gasteiger partial charge in [0.25, 0.3) is 5.56 Å². The van der Waals surface area contributed by atoms with E-state index in [9.17, 15) is 4.79 Å². The molecule has 3 heterocycles. The summed E-state index contributed by atoms with van der Waals surface area (Å²) < 4.78 is 0. The van der Waals surface area contributed by atoms with Gasteiger partial charge < -0.3 is 4.98 Å². The molecule has 0 aliphatic carbocycles. The molecule has 5 heteroatoms. The van der Waals surface area contributed by atoms with Gasteiger partial charge in [-0.2, -0.15) is 0 Å². The van der Waals surface area contributed by atoms with Crippen LogP contribution in [0.5, 0.6) is 0 Å². The van der Waals surface area contributed by atoms with Crippen molar-refractivity contribution in [3.05, 3.63) is 74.3 Å². The maximum absolute atomic E-state index is 12.5. The molecule has 0 saturated carbocycles. The van der Waals surface area contributed by atoms with Crippen molar-refractivity contribution in [1.29, 1.82) is 0 Å². The molecule has 2 aromatic heterocycles. The van der Waals surface area contributed by atoms with Gasteiger partial charge in [0.05, 0.1) is 11.3 Å². The van der Waals surface area contributed by atoms with Gasteiger partial charge in [0.1, 0.15) is 5.82 Å². The number of fused-ring (bicyclic) bond motifs is 1. The Bertz CT molecular complexity index is 1000. The van der Waals surface area contributed by atoms with E-state index < -0.39 is 0 Å². The number of rotatable bonds is 5. The second-order valence-electron chi connectivity index (χ2n) is 7.28. The normalized spacial score (nSPS) is 14.3. The molecule has 0 amide bonds. The van der Waals surface area contributed by atoms with Crippen molar-refractivity contribution in [3.8, 4) is 10.4 Å². The molecule has 0 unspecified atom stereocenters. The van der Waals surface area contributed by atoms with Crippen LogP contribution in [0.4, 0.5) is 0 Å². The Morgan fingerprint density at radius 2 is 2.15 bits per heavy atom. The van der Waals surface area contributed by atoms with Crippen LogP contribution in [-0.2, 0) is 25.9 Å². The molecule has 0 radical (unpaired) electrons. The molecular formula is C22H25N3OS. The maximum atomic E-state index is 12.5. The molecule has 0 saturated heterocycles. The summed E-state index contributed by atoms with van der Waals surface area (Å²) in [6, 6.07) is 13.0. The Labute approximate surface area is 163 Å². The average molecular weight is 380 g/mol. The molecule has 1 aliphatic heterocycles. The molecule has 4 nitrogen and oxygen atoms in total. The third kappa shape index (κ3) is 4.04. The van der Waals surface area contributed by atoms with E-state index >= 15 is 0 Å². The van der Waals surface area contributed by atoms with E-state index in [1.54, 1.807) is 0 Å². The quantitative estimate of drug-likeness (QED) is 0.718. The van der Waals surface area contributed by atoms with E-state index in [2.05, 4.69) is 65.1 Å². The van der Waals surface area contributed by atoms with E-state index in [0.717, 1.165) is 49.4 Å². The lowest BCUT2D eigenvalue weighted by molar-refractivity contribution is 0.243. The first kappa shape index (κ1) is 18.1. The Morgan fingerprint density at radius 1 is 1.26 bits per heavy atom. The van der Waals surface area contributed by atoms with Gasteiger partial charge >= 0.3 is 0 Å². The number of H-pyrrole nitrogens is 1. The van der Waals surface area contributed by atoms with Crippen LogP contribution in [0.1, 0.15) is 40.9 Å². The zero-order valence-electron chi connectivity index (χ0n) is 15.9. The van der Waals surface area contributed by atoms with Gasteiger partial charge in [0.2, 0.25) is 0 Å². The third-order valence-corrected chi connectivity index (χ3v) is 6.15. The fraction of sp³-hybridized carbons (Fsp3) is 0.364. The summed E-state index contributed by atoms with van der Waals surface area (Å²) in [4.78, 5) is 25.1. The van der Waals surface area contributed by atoms with Crippen LogP contribution >= 0.6 is 11.3 Å². The molecule has 1 aliphatic rings. The Hall–Kier alpha value is -2.24. The van der Waals surface area contributed by atoms with Crippen LogP contribution in [0.25, 0.3) is 10.4 Å². The predicted molar refractivity (Wildman–Crippen MR) is 111 cm³/mol. The number of hydrogen-bond donors (Lipinski definition) is 1. The topological polar surface area (TPSA) is 49.0 Å². The molecule has 140 valence electrons. The molecule has 0 spiro atoms. The minimum atomic E-state index is 0.0415. The number of aromatic nitrogens is 2. The number of hydrogen-bond acceptors (Lipinski definition) is 4. The molecule has 0 atom stereocenters. The minimum absolute atomic E-state index is 0.0415. The van der Waals surface area contributed by atoms with E-state index in [4.69, 9.17) is 0 Å². The average Bonchev–Trinajstić information content (AvgIpc) is 3.11. The standard InChI is InChI=1S/C22H25N3OS/c1-3-5-21-23-19-10-11-25(14-18(19)22(26)24-21)13-17-8-9-20(27-17)16-7-4-6-15(2)12-16/h4,6-9,12H,3,5,10-11,13-14H2,1-2H3,(H,23,24,26). The monoisotopic (exact) mass is 379 g/mol. The molecule has 4 rings (SSSR count). The van der Waals surface area contributed by atoms with Gasteiger partial charge in [-0.25, -0.2) is 4.98 Å². The highest BCUT2D eigenvalue weighted by Crippen LogP contribution is 2.30. The van der Waals surface area contributed by atoms with Crippen molar-refractivity contribution >= 4 is 11.3 Å². The van der Waals surface area contributed by atoms with E-state index in [-0.39, 0.29) is 5.56 Å². The summed E-state index contributed by atoms with van der Waals surface area (Å²) in [5.74, 6) is 0.829. The molecular weight excluding hydrogens is 354 g/mol. The summed E-state index contributed by atoms with van der Waals surface area (Å²) in [6.07, 6.45) is 2.69. The van der Waals surface area contributed by atoms with Crippen molar-refractivity contribution in [2.75, 3.05) is 6.54 Å². The SMILES string of the molecule is CCCc1nc2c(c(=O)[nH]1)CN(Cc1ccc(-c3cccc(C)c3)s1)CC2. The van der Waals surface area contributed by atoms with Crippen molar-refractivity contribution in [3.63, 3.8) is 0 Å². The van der Waals surface area contributed by atoms with Gasteiger partial charge in [0.15, 0.2) is 0 Å². The smallest absolute Gasteiger partial charge is 0.255 e. The van der Waals surface area contributed by atoms with Gasteiger partial charge in [-0.3, -0.25) is 9.69 Å². The number of aromatic amines is 1. The largest absolute Gasteiger partial charge is 0.310 e. The van der Waals surface area contributed by atoms with Crippen molar-refractivity contribution < 1.29 is 0 Å². The minimum Gasteiger partial charge on any atom is -0.310 e. The van der Waals surface area contributed by atoms with E-state index in [0.29, 0.717) is 6.54 Å². The number of benzene rings is 1. The second kappa shape index (κ2) is 7.79. The van der Waals surface area contributed by atoms with Gasteiger partial charge in [-0.1, -0.05) is 36.8 Å². The fourth-order valence-electron chi connectivity index (χ4n) is 3.66. The Kier molecular flexibility index (Phi) is 5.23. The fourth-order valence-corrected chi connectivity index (χ4v) is 4.71. The van der Waals surface area contributed by atoms with Crippen molar-refractivity contribution in [1.82, 2.24) is 14.9 Å². The number of nitrogens with one attached hydrogen (secondary N) is 1. The number of thiophene rings is 1. The first-order chi connectivity index (χ1) is 13.1. The zero-order valence-corrected chi connectivity index (χ0v) is 16.7. The van der Waals surface area contributed by atoms with Gasteiger partial charge in [-0.15, -0.1) is 11.3 Å². The highest BCUT2D eigenvalue weighted by Gasteiger charge is 2.21. The van der Waals surface area contributed by atoms with Crippen LogP contribution in [-0.4, -0.2) is 21.4 Å². The first-order valence-electron chi connectivity index (χ1n) is 9.61. The van der Waals surface area contributed by atoms with E-state index in [1.807, 2.05) is 11.3 Å². The summed E-state index contributed by atoms with van der Waals surface area (Å²) in [5.41, 5.74) is 4.44. The van der Waals surface area contributed by atoms with Crippen LogP contribution in [0.15, 0.2) is 41.2 Å². The lowest BCUT2D eigenvalue weighted by atomic mass is 10.1. The molecule has 0 fully saturated rings. The lowest BCUT2D eigenvalue weighted by Crippen LogP contribution is -2.35. The molecule has 0 bridgehead atoms. The highest BCUT2D eigenvalue weighted by atomic mass is 32.1. The Balaban J connectivity index is 1.48. The number of aryl methyl sites for hydroxylation is 2. The number of nitrogens with zero attached hydrogens (tertiary/aromatic N) is 2. The summed E-state index contributed by atoms with van der Waals surface area (Å²) in [6.45, 7) is 6.74. The summed E-state index contributed by atoms with van der Waals surface area (Å²) in [5, 5.41) is 0. The van der Waals surface area contributed by atoms with Crippen molar-refractivity contribution in [2.45, 2.75) is 46.2 Å². The molecule has 1 aromatic carbocycles. The Morgan fingerprint density at radius 3 is 2.96 bits per heavy atom. The molecule has 3 aromatic rings. The van der Waals surface area contributed by atoms with E-state index in [1.165, 1.54) is 20.9 Å². The van der Waals surface area contributed by atoms with Gasteiger partial charge in [0, 0.05) is 42.2 Å². The van der Waals surface area contributed by atoms with Crippen LogP contribution < -0.4 is 5.56 Å². The van der Waals surface area contributed by atoms with Crippen molar-refractivity contribution in [2.24, 2.45) is 0 Å². The maximum Gasteiger partial charge on any atom is 0.255 e. The van der Waals surface area contributed by atoms with Crippen LogP contribution in [0.2, 0.25) is 0 Å². The zero-order chi connectivity index (χ0) is 18.8. The second-order valence-corrected chi connectivity index (χ2v) is 8.45. The summed E-state index contributed by atoms with van der Waals surface area (Å²) >= 11 is 1.84. The van der Waals surface area contributed by atoms with Crippen LogP contribution in [0, 0.1) is 6.92 Å². The predicted octanol–water partition coefficient (Wildman–Crippen LogP) is 4.32. The first-order valence-corrected chi connectivity index (χ1v) is 10.4. The summed E-state index contributed by atoms with van der Waals surface area (Å²) in [7, 11) is 0. The van der Waals surface area contributed by atoms with Crippen LogP contribution in [0.3, 0.4) is 0 Å². The molecule has 1 N–H and O–H groups in total. The highest BCUT2D eigenvalue weighted by molar-refractivity contribution is 7.15. The third-order valence-electron chi connectivity index (χ3n) is 5.03. The van der Waals surface area contributed by atoms with Gasteiger partial charge in [-0.05, 0) is 31.0 Å². The molecule has 27 heavy (non-hydrogen) atoms.